The molecular weight excluding hydrogens is 224 g/mol. The number of hydrogen-bond acceptors (Lipinski definition) is 4. The number of aliphatic carboxylic acids is 1. The normalized spacial score (nSPS) is 16.5. The van der Waals surface area contributed by atoms with Gasteiger partial charge in [-0.2, -0.15) is 5.10 Å². The molecule has 0 aliphatic heterocycles. The van der Waals surface area contributed by atoms with Crippen LogP contribution in [0.25, 0.3) is 0 Å². The number of aromatic nitrogens is 3. The molecule has 0 radical (unpaired) electrons. The molecule has 1 atom stereocenters. The van der Waals surface area contributed by atoms with Gasteiger partial charge in [-0.3, -0.25) is 9.59 Å². The first-order valence-corrected chi connectivity index (χ1v) is 5.46. The third-order valence-electron chi connectivity index (χ3n) is 2.77. The summed E-state index contributed by atoms with van der Waals surface area (Å²) < 4.78 is 1.43. The molecule has 1 amide bonds. The van der Waals surface area contributed by atoms with Crippen LogP contribution < -0.4 is 0 Å². The fraction of sp³-hybridized carbons (Fsp3) is 0.600. The fourth-order valence-electron chi connectivity index (χ4n) is 1.69. The van der Waals surface area contributed by atoms with Crippen molar-refractivity contribution in [1.29, 1.82) is 0 Å². The lowest BCUT2D eigenvalue weighted by molar-refractivity contribution is -0.146. The Morgan fingerprint density at radius 2 is 2.29 bits per heavy atom. The van der Waals surface area contributed by atoms with Gasteiger partial charge in [0.15, 0.2) is 0 Å². The number of carboxylic acid groups (broad SMARTS) is 1. The highest BCUT2D eigenvalue weighted by Gasteiger charge is 2.36. The standard InChI is InChI=1S/C10H14N4O3/c1-7(14-6-11-5-12-14)10(17)13(4-9(15)16)8-2-3-8/h5-8H,2-4H2,1H3,(H,15,16). The average molecular weight is 238 g/mol. The van der Waals surface area contributed by atoms with E-state index in [0.29, 0.717) is 0 Å². The molecule has 1 saturated carbocycles. The summed E-state index contributed by atoms with van der Waals surface area (Å²) >= 11 is 0. The van der Waals surface area contributed by atoms with E-state index >= 15 is 0 Å². The second kappa shape index (κ2) is 4.52. The molecule has 7 nitrogen and oxygen atoms in total. The third-order valence-corrected chi connectivity index (χ3v) is 2.77. The van der Waals surface area contributed by atoms with Crippen LogP contribution in [0.3, 0.4) is 0 Å². The van der Waals surface area contributed by atoms with Crippen LogP contribution in [0.4, 0.5) is 0 Å². The molecule has 1 aliphatic rings. The summed E-state index contributed by atoms with van der Waals surface area (Å²) in [6, 6.07) is -0.443. The number of carbonyl (C=O) groups excluding carboxylic acids is 1. The van der Waals surface area contributed by atoms with E-state index < -0.39 is 12.0 Å². The maximum atomic E-state index is 12.1. The highest BCUT2D eigenvalue weighted by atomic mass is 16.4. The highest BCUT2D eigenvalue weighted by Crippen LogP contribution is 2.28. The zero-order valence-electron chi connectivity index (χ0n) is 9.48. The van der Waals surface area contributed by atoms with Crippen molar-refractivity contribution in [2.45, 2.75) is 31.8 Å². The molecule has 1 heterocycles. The second-order valence-electron chi connectivity index (χ2n) is 4.14. The molecule has 1 aromatic heterocycles. The van der Waals surface area contributed by atoms with Crippen LogP contribution in [0.5, 0.6) is 0 Å². The molecule has 1 unspecified atom stereocenters. The Bertz CT molecular complexity index is 413. The van der Waals surface area contributed by atoms with Gasteiger partial charge < -0.3 is 10.0 Å². The van der Waals surface area contributed by atoms with Crippen molar-refractivity contribution in [3.63, 3.8) is 0 Å². The van der Waals surface area contributed by atoms with E-state index in [-0.39, 0.29) is 18.5 Å². The topological polar surface area (TPSA) is 88.3 Å². The first-order chi connectivity index (χ1) is 8.09. The molecular formula is C10H14N4O3. The van der Waals surface area contributed by atoms with Crippen LogP contribution in [-0.2, 0) is 9.59 Å². The van der Waals surface area contributed by atoms with Crippen molar-refractivity contribution in [3.8, 4) is 0 Å². The minimum absolute atomic E-state index is 0.0737. The largest absolute Gasteiger partial charge is 0.480 e. The van der Waals surface area contributed by atoms with E-state index in [1.807, 2.05) is 0 Å². The van der Waals surface area contributed by atoms with Crippen LogP contribution in [0.15, 0.2) is 12.7 Å². The lowest BCUT2D eigenvalue weighted by atomic mass is 10.3. The van der Waals surface area contributed by atoms with E-state index in [0.717, 1.165) is 12.8 Å². The van der Waals surface area contributed by atoms with Gasteiger partial charge in [0.25, 0.3) is 0 Å². The maximum Gasteiger partial charge on any atom is 0.323 e. The zero-order chi connectivity index (χ0) is 12.4. The summed E-state index contributed by atoms with van der Waals surface area (Å²) in [6.45, 7) is 1.44. The Hall–Kier alpha value is -1.92. The van der Waals surface area contributed by atoms with E-state index in [1.165, 1.54) is 22.2 Å². The summed E-state index contributed by atoms with van der Waals surface area (Å²) in [6.07, 6.45) is 4.56. The Morgan fingerprint density at radius 1 is 1.59 bits per heavy atom. The van der Waals surface area contributed by atoms with Gasteiger partial charge in [0.2, 0.25) is 5.91 Å². The van der Waals surface area contributed by atoms with Crippen molar-refractivity contribution in [2.75, 3.05) is 6.54 Å². The molecule has 1 aromatic rings. The van der Waals surface area contributed by atoms with E-state index in [9.17, 15) is 9.59 Å². The minimum Gasteiger partial charge on any atom is -0.480 e. The van der Waals surface area contributed by atoms with Gasteiger partial charge in [-0.25, -0.2) is 9.67 Å². The Labute approximate surface area is 98.0 Å². The van der Waals surface area contributed by atoms with Gasteiger partial charge in [0, 0.05) is 6.04 Å². The Morgan fingerprint density at radius 3 is 2.76 bits per heavy atom. The second-order valence-corrected chi connectivity index (χ2v) is 4.14. The van der Waals surface area contributed by atoms with Gasteiger partial charge in [0.05, 0.1) is 0 Å². The summed E-state index contributed by atoms with van der Waals surface area (Å²) in [4.78, 5) is 28.0. The number of hydrogen-bond donors (Lipinski definition) is 1. The fourth-order valence-corrected chi connectivity index (χ4v) is 1.69. The lowest BCUT2D eigenvalue weighted by Crippen LogP contribution is -2.41. The van der Waals surface area contributed by atoms with E-state index in [1.54, 1.807) is 6.92 Å². The molecule has 1 aliphatic carbocycles. The van der Waals surface area contributed by atoms with Gasteiger partial charge in [-0.05, 0) is 19.8 Å². The van der Waals surface area contributed by atoms with Gasteiger partial charge in [-0.1, -0.05) is 0 Å². The van der Waals surface area contributed by atoms with Crippen LogP contribution in [0, 0.1) is 0 Å². The maximum absolute atomic E-state index is 12.1. The molecule has 0 saturated heterocycles. The van der Waals surface area contributed by atoms with Crippen molar-refractivity contribution in [3.05, 3.63) is 12.7 Å². The quantitative estimate of drug-likeness (QED) is 0.774. The molecule has 0 spiro atoms. The van der Waals surface area contributed by atoms with Crippen molar-refractivity contribution in [1.82, 2.24) is 19.7 Å². The van der Waals surface area contributed by atoms with Gasteiger partial charge in [0.1, 0.15) is 25.2 Å². The van der Waals surface area contributed by atoms with Crippen LogP contribution in [-0.4, -0.2) is 49.2 Å². The first kappa shape index (κ1) is 11.6. The molecule has 0 aromatic carbocycles. The average Bonchev–Trinajstić information content (AvgIpc) is 2.98. The SMILES string of the molecule is CC(C(=O)N(CC(=O)O)C1CC1)n1cncn1. The Balaban J connectivity index is 2.08. The summed E-state index contributed by atoms with van der Waals surface area (Å²) in [5, 5.41) is 12.7. The Kier molecular flexibility index (Phi) is 3.08. The molecule has 17 heavy (non-hydrogen) atoms. The van der Waals surface area contributed by atoms with Crippen LogP contribution >= 0.6 is 0 Å². The number of carbonyl (C=O) groups is 2. The smallest absolute Gasteiger partial charge is 0.323 e. The number of rotatable bonds is 5. The molecule has 7 heteroatoms. The van der Waals surface area contributed by atoms with Crippen LogP contribution in [0.2, 0.25) is 0 Å². The third kappa shape index (κ3) is 2.61. The van der Waals surface area contributed by atoms with Gasteiger partial charge >= 0.3 is 5.97 Å². The van der Waals surface area contributed by atoms with Crippen molar-refractivity contribution < 1.29 is 14.7 Å². The molecule has 1 N–H and O–H groups in total. The van der Waals surface area contributed by atoms with Crippen molar-refractivity contribution in [2.24, 2.45) is 0 Å². The molecule has 1 fully saturated rings. The summed E-state index contributed by atoms with van der Waals surface area (Å²) in [7, 11) is 0. The highest BCUT2D eigenvalue weighted by molar-refractivity contribution is 5.84. The predicted molar refractivity (Wildman–Crippen MR) is 57.1 cm³/mol. The van der Waals surface area contributed by atoms with E-state index in [4.69, 9.17) is 5.11 Å². The van der Waals surface area contributed by atoms with Gasteiger partial charge in [-0.15, -0.1) is 0 Å². The summed E-state index contributed by atoms with van der Waals surface area (Å²) in [5.41, 5.74) is 0. The number of amides is 1. The molecule has 92 valence electrons. The van der Waals surface area contributed by atoms with E-state index in [2.05, 4.69) is 10.1 Å². The zero-order valence-corrected chi connectivity index (χ0v) is 9.48. The van der Waals surface area contributed by atoms with Crippen LogP contribution in [0.1, 0.15) is 25.8 Å². The number of nitrogens with zero attached hydrogens (tertiary/aromatic N) is 4. The monoisotopic (exact) mass is 238 g/mol. The first-order valence-electron chi connectivity index (χ1n) is 5.46. The molecule has 0 bridgehead atoms. The predicted octanol–water partition coefficient (Wildman–Crippen LogP) is -0.0853. The lowest BCUT2D eigenvalue weighted by Gasteiger charge is -2.23. The minimum atomic E-state index is -0.990. The molecule has 2 rings (SSSR count). The summed E-state index contributed by atoms with van der Waals surface area (Å²) in [5.74, 6) is -1.21. The number of carboxylic acids is 1. The van der Waals surface area contributed by atoms with Crippen molar-refractivity contribution >= 4 is 11.9 Å².